The first-order valence-electron chi connectivity index (χ1n) is 7.30. The molecule has 1 fully saturated rings. The predicted octanol–water partition coefficient (Wildman–Crippen LogP) is 1.41. The summed E-state index contributed by atoms with van der Waals surface area (Å²) in [7, 11) is 0. The van der Waals surface area contributed by atoms with Gasteiger partial charge in [-0.3, -0.25) is 5.73 Å². The molecule has 0 saturated heterocycles. The highest BCUT2D eigenvalue weighted by atomic mass is 19.4. The summed E-state index contributed by atoms with van der Waals surface area (Å²) in [5.74, 6) is -2.13. The lowest BCUT2D eigenvalue weighted by atomic mass is 10.0. The van der Waals surface area contributed by atoms with E-state index in [1.165, 1.54) is 12.8 Å². The molecule has 1 aliphatic carbocycles. The third kappa shape index (κ3) is 3.48. The van der Waals surface area contributed by atoms with Crippen molar-refractivity contribution in [2.24, 2.45) is 16.5 Å². The Balaban J connectivity index is 1.74. The van der Waals surface area contributed by atoms with Crippen LogP contribution in [0, 0.1) is 0 Å². The first-order chi connectivity index (χ1) is 10.8. The first kappa shape index (κ1) is 15.8. The van der Waals surface area contributed by atoms with Crippen molar-refractivity contribution >= 4 is 5.84 Å². The van der Waals surface area contributed by atoms with E-state index in [-0.39, 0.29) is 0 Å². The number of hydrogen-bond donors (Lipinski definition) is 4. The van der Waals surface area contributed by atoms with Crippen LogP contribution in [0.1, 0.15) is 24.0 Å². The van der Waals surface area contributed by atoms with Crippen LogP contribution in [0.5, 0.6) is 0 Å². The van der Waals surface area contributed by atoms with E-state index in [9.17, 15) is 13.2 Å². The molecule has 1 aromatic carbocycles. The van der Waals surface area contributed by atoms with Gasteiger partial charge in [-0.15, -0.1) is 0 Å². The van der Waals surface area contributed by atoms with Crippen LogP contribution in [-0.2, 0) is 12.3 Å². The van der Waals surface area contributed by atoms with Crippen molar-refractivity contribution < 1.29 is 13.2 Å². The van der Waals surface area contributed by atoms with Gasteiger partial charge in [0.25, 0.3) is 0 Å². The molecule has 2 aliphatic rings. The molecule has 0 bridgehead atoms. The van der Waals surface area contributed by atoms with E-state index in [0.29, 0.717) is 11.6 Å². The summed E-state index contributed by atoms with van der Waals surface area (Å²) < 4.78 is 38.2. The number of nitrogens with zero attached hydrogens (tertiary/aromatic N) is 1. The summed E-state index contributed by atoms with van der Waals surface area (Å²) in [6, 6.07) is 7.82. The van der Waals surface area contributed by atoms with Crippen molar-refractivity contribution in [1.82, 2.24) is 10.6 Å². The molecule has 1 aliphatic heterocycles. The van der Waals surface area contributed by atoms with Gasteiger partial charge in [-0.2, -0.15) is 13.2 Å². The second kappa shape index (κ2) is 5.54. The van der Waals surface area contributed by atoms with E-state index in [4.69, 9.17) is 11.5 Å². The predicted molar refractivity (Wildman–Crippen MR) is 81.1 cm³/mol. The largest absolute Gasteiger partial charge is 0.421 e. The van der Waals surface area contributed by atoms with Gasteiger partial charge in [0.05, 0.1) is 0 Å². The van der Waals surface area contributed by atoms with Crippen molar-refractivity contribution in [1.29, 1.82) is 0 Å². The molecule has 23 heavy (non-hydrogen) atoms. The molecule has 1 saturated carbocycles. The maximum atomic E-state index is 12.7. The van der Waals surface area contributed by atoms with E-state index in [0.717, 1.165) is 18.3 Å². The molecular weight excluding hydrogens is 307 g/mol. The zero-order chi connectivity index (χ0) is 16.7. The quantitative estimate of drug-likeness (QED) is 0.674. The van der Waals surface area contributed by atoms with Gasteiger partial charge >= 0.3 is 6.18 Å². The Labute approximate surface area is 131 Å². The SMILES string of the molecule is NC1=NC(N)(c2ccc(CNC3CC3)cc2)NC=C1C(F)(F)F. The fraction of sp³-hybridized carbons (Fsp3) is 0.400. The molecule has 124 valence electrons. The first-order valence-corrected chi connectivity index (χ1v) is 7.30. The van der Waals surface area contributed by atoms with Crippen molar-refractivity contribution in [3.8, 4) is 0 Å². The lowest BCUT2D eigenvalue weighted by Crippen LogP contribution is -2.51. The third-order valence-electron chi connectivity index (χ3n) is 3.88. The highest BCUT2D eigenvalue weighted by molar-refractivity contribution is 5.99. The Bertz CT molecular complexity index is 646. The molecule has 8 heteroatoms. The molecule has 0 spiro atoms. The Morgan fingerprint density at radius 3 is 2.43 bits per heavy atom. The van der Waals surface area contributed by atoms with Gasteiger partial charge in [-0.25, -0.2) is 4.99 Å². The van der Waals surface area contributed by atoms with Gasteiger partial charge in [-0.05, 0) is 18.4 Å². The molecule has 1 atom stereocenters. The Hall–Kier alpha value is -2.06. The summed E-state index contributed by atoms with van der Waals surface area (Å²) in [6.07, 6.45) is -1.39. The lowest BCUT2D eigenvalue weighted by molar-refractivity contribution is -0.0870. The smallest absolute Gasteiger partial charge is 0.383 e. The van der Waals surface area contributed by atoms with E-state index >= 15 is 0 Å². The highest BCUT2D eigenvalue weighted by Crippen LogP contribution is 2.30. The van der Waals surface area contributed by atoms with Gasteiger partial charge in [0, 0.05) is 24.4 Å². The summed E-state index contributed by atoms with van der Waals surface area (Å²) in [4.78, 5) is 3.80. The van der Waals surface area contributed by atoms with Crippen LogP contribution < -0.4 is 22.1 Å². The number of rotatable bonds is 4. The standard InChI is InChI=1S/C15H18F3N5/c16-14(17,18)12-8-22-15(20,23-13(12)19)10-3-1-9(2-4-10)7-21-11-5-6-11/h1-4,8,11,21-22H,5-7,20H2,(H2,19,23). The number of benzene rings is 1. The molecule has 5 nitrogen and oxygen atoms in total. The number of aliphatic imine (C=N–C) groups is 1. The summed E-state index contributed by atoms with van der Waals surface area (Å²) >= 11 is 0. The molecular formula is C15H18F3N5. The zero-order valence-corrected chi connectivity index (χ0v) is 12.3. The van der Waals surface area contributed by atoms with Gasteiger partial charge < -0.3 is 16.4 Å². The van der Waals surface area contributed by atoms with E-state index < -0.39 is 23.4 Å². The molecule has 0 aromatic heterocycles. The fourth-order valence-electron chi connectivity index (χ4n) is 2.34. The number of amidine groups is 1. The van der Waals surface area contributed by atoms with Crippen LogP contribution in [-0.4, -0.2) is 18.1 Å². The van der Waals surface area contributed by atoms with Crippen LogP contribution >= 0.6 is 0 Å². The minimum absolute atomic E-state index is 0.535. The fourth-order valence-corrected chi connectivity index (χ4v) is 2.34. The second-order valence-corrected chi connectivity index (χ2v) is 5.82. The number of hydrogen-bond acceptors (Lipinski definition) is 5. The van der Waals surface area contributed by atoms with Crippen molar-refractivity contribution in [2.45, 2.75) is 37.4 Å². The van der Waals surface area contributed by atoms with Gasteiger partial charge in [-0.1, -0.05) is 24.3 Å². The molecule has 3 rings (SSSR count). The highest BCUT2D eigenvalue weighted by Gasteiger charge is 2.41. The van der Waals surface area contributed by atoms with Gasteiger partial charge in [0.2, 0.25) is 5.79 Å². The summed E-state index contributed by atoms with van der Waals surface area (Å²) in [6.45, 7) is 0.749. The summed E-state index contributed by atoms with van der Waals surface area (Å²) in [5, 5.41) is 5.87. The van der Waals surface area contributed by atoms with Crippen molar-refractivity contribution in [2.75, 3.05) is 0 Å². The maximum absolute atomic E-state index is 12.7. The molecule has 1 aromatic rings. The maximum Gasteiger partial charge on any atom is 0.421 e. The van der Waals surface area contributed by atoms with Crippen LogP contribution in [0.4, 0.5) is 13.2 Å². The number of nitrogens with one attached hydrogen (secondary N) is 2. The number of nitrogens with two attached hydrogens (primary N) is 2. The van der Waals surface area contributed by atoms with Gasteiger partial charge in [0.15, 0.2) is 0 Å². The molecule has 0 radical (unpaired) electrons. The Morgan fingerprint density at radius 1 is 1.26 bits per heavy atom. The second-order valence-electron chi connectivity index (χ2n) is 5.82. The average molecular weight is 325 g/mol. The van der Waals surface area contributed by atoms with Gasteiger partial charge in [0.1, 0.15) is 11.4 Å². The van der Waals surface area contributed by atoms with Crippen LogP contribution in [0.3, 0.4) is 0 Å². The molecule has 1 unspecified atom stereocenters. The molecule has 6 N–H and O–H groups in total. The van der Waals surface area contributed by atoms with Crippen LogP contribution in [0.25, 0.3) is 0 Å². The van der Waals surface area contributed by atoms with Crippen LogP contribution in [0.2, 0.25) is 0 Å². The minimum atomic E-state index is -4.57. The Kier molecular flexibility index (Phi) is 3.81. The normalized spacial score (nSPS) is 24.7. The van der Waals surface area contributed by atoms with Crippen LogP contribution in [0.15, 0.2) is 41.0 Å². The summed E-state index contributed by atoms with van der Waals surface area (Å²) in [5.41, 5.74) is 12.1. The lowest BCUT2D eigenvalue weighted by Gasteiger charge is -2.31. The molecule has 1 heterocycles. The van der Waals surface area contributed by atoms with Crippen molar-refractivity contribution in [3.05, 3.63) is 47.2 Å². The topological polar surface area (TPSA) is 88.5 Å². The molecule has 0 amide bonds. The number of halogens is 3. The van der Waals surface area contributed by atoms with E-state index in [2.05, 4.69) is 15.6 Å². The van der Waals surface area contributed by atoms with E-state index in [1.54, 1.807) is 12.1 Å². The number of alkyl halides is 3. The monoisotopic (exact) mass is 325 g/mol. The zero-order valence-electron chi connectivity index (χ0n) is 12.3. The Morgan fingerprint density at radius 2 is 1.91 bits per heavy atom. The third-order valence-corrected chi connectivity index (χ3v) is 3.88. The minimum Gasteiger partial charge on any atom is -0.383 e. The van der Waals surface area contributed by atoms with E-state index in [1.807, 2.05) is 12.1 Å². The average Bonchev–Trinajstić information content (AvgIpc) is 3.28. The van der Waals surface area contributed by atoms with Crippen molar-refractivity contribution in [3.63, 3.8) is 0 Å².